The molecule has 1 aromatic rings. The zero-order valence-electron chi connectivity index (χ0n) is 9.90. The minimum Gasteiger partial charge on any atom is -0.399 e. The second-order valence-corrected chi connectivity index (χ2v) is 6.10. The van der Waals surface area contributed by atoms with Crippen LogP contribution in [0.5, 0.6) is 0 Å². The van der Waals surface area contributed by atoms with Gasteiger partial charge in [0.1, 0.15) is 0 Å². The normalized spacial score (nSPS) is 12.1. The SMILES string of the molecule is C#CC(C)(C)NS(=O)(=O)Cc1cccc(N)c1. The Morgan fingerprint density at radius 1 is 1.47 bits per heavy atom. The van der Waals surface area contributed by atoms with E-state index in [2.05, 4.69) is 10.6 Å². The summed E-state index contributed by atoms with van der Waals surface area (Å²) < 4.78 is 26.1. The van der Waals surface area contributed by atoms with Crippen molar-refractivity contribution in [1.82, 2.24) is 4.72 Å². The Bertz CT molecular complexity index is 542. The number of nitrogens with one attached hydrogen (secondary N) is 1. The van der Waals surface area contributed by atoms with Gasteiger partial charge in [-0.25, -0.2) is 8.42 Å². The highest BCUT2D eigenvalue weighted by atomic mass is 32.2. The molecule has 1 rings (SSSR count). The van der Waals surface area contributed by atoms with Crippen molar-refractivity contribution < 1.29 is 8.42 Å². The molecule has 0 aliphatic carbocycles. The second kappa shape index (κ2) is 4.78. The predicted octanol–water partition coefficient (Wildman–Crippen LogP) is 1.10. The van der Waals surface area contributed by atoms with E-state index in [4.69, 9.17) is 12.2 Å². The van der Waals surface area contributed by atoms with E-state index in [1.165, 1.54) is 0 Å². The average Bonchev–Trinajstić information content (AvgIpc) is 2.15. The number of hydrogen-bond acceptors (Lipinski definition) is 3. The second-order valence-electron chi connectivity index (χ2n) is 4.38. The summed E-state index contributed by atoms with van der Waals surface area (Å²) in [5, 5.41) is 0. The first-order valence-corrected chi connectivity index (χ1v) is 6.73. The lowest BCUT2D eigenvalue weighted by atomic mass is 10.1. The Morgan fingerprint density at radius 3 is 2.65 bits per heavy atom. The summed E-state index contributed by atoms with van der Waals surface area (Å²) in [5.74, 6) is 2.24. The summed E-state index contributed by atoms with van der Waals surface area (Å²) >= 11 is 0. The Balaban J connectivity index is 2.85. The Labute approximate surface area is 102 Å². The van der Waals surface area contributed by atoms with E-state index in [9.17, 15) is 8.42 Å². The molecule has 92 valence electrons. The number of benzene rings is 1. The minimum absolute atomic E-state index is 0.136. The average molecular weight is 252 g/mol. The molecule has 0 aliphatic heterocycles. The fraction of sp³-hybridized carbons (Fsp3) is 0.333. The van der Waals surface area contributed by atoms with Crippen molar-refractivity contribution in [3.05, 3.63) is 29.8 Å². The third-order valence-electron chi connectivity index (χ3n) is 2.08. The van der Waals surface area contributed by atoms with E-state index in [1.54, 1.807) is 38.1 Å². The van der Waals surface area contributed by atoms with Gasteiger partial charge in [0, 0.05) is 5.69 Å². The van der Waals surface area contributed by atoms with Gasteiger partial charge < -0.3 is 5.73 Å². The first-order valence-electron chi connectivity index (χ1n) is 5.08. The summed E-state index contributed by atoms with van der Waals surface area (Å²) in [6.07, 6.45) is 5.23. The van der Waals surface area contributed by atoms with E-state index < -0.39 is 15.6 Å². The summed E-state index contributed by atoms with van der Waals surface area (Å²) in [5.41, 5.74) is 5.86. The minimum atomic E-state index is -3.47. The third-order valence-corrected chi connectivity index (χ3v) is 3.61. The molecule has 0 saturated heterocycles. The standard InChI is InChI=1S/C12H16N2O2S/c1-4-12(2,3)14-17(15,16)9-10-6-5-7-11(13)8-10/h1,5-8,14H,9,13H2,2-3H3. The van der Waals surface area contributed by atoms with Crippen molar-refractivity contribution >= 4 is 15.7 Å². The summed E-state index contributed by atoms with van der Waals surface area (Å²) in [6, 6.07) is 6.75. The highest BCUT2D eigenvalue weighted by molar-refractivity contribution is 7.88. The van der Waals surface area contributed by atoms with Crippen LogP contribution in [0.1, 0.15) is 19.4 Å². The van der Waals surface area contributed by atoms with Gasteiger partial charge >= 0.3 is 0 Å². The van der Waals surface area contributed by atoms with Crippen molar-refractivity contribution in [2.24, 2.45) is 0 Å². The Hall–Kier alpha value is -1.51. The zero-order valence-corrected chi connectivity index (χ0v) is 10.7. The van der Waals surface area contributed by atoms with Crippen molar-refractivity contribution in [2.75, 3.05) is 5.73 Å². The van der Waals surface area contributed by atoms with E-state index >= 15 is 0 Å². The molecule has 5 heteroatoms. The van der Waals surface area contributed by atoms with Gasteiger partial charge in [-0.2, -0.15) is 4.72 Å². The number of rotatable bonds is 4. The maximum absolute atomic E-state index is 11.8. The molecular formula is C12H16N2O2S. The molecule has 17 heavy (non-hydrogen) atoms. The first-order chi connectivity index (χ1) is 7.74. The van der Waals surface area contributed by atoms with Gasteiger partial charge in [0.15, 0.2) is 0 Å². The lowest BCUT2D eigenvalue weighted by molar-refractivity contribution is 0.538. The summed E-state index contributed by atoms with van der Waals surface area (Å²) in [6.45, 7) is 3.26. The lowest BCUT2D eigenvalue weighted by Gasteiger charge is -2.19. The molecule has 0 atom stereocenters. The lowest BCUT2D eigenvalue weighted by Crippen LogP contribution is -2.42. The topological polar surface area (TPSA) is 72.2 Å². The highest BCUT2D eigenvalue weighted by Gasteiger charge is 2.22. The van der Waals surface area contributed by atoms with Crippen molar-refractivity contribution in [3.63, 3.8) is 0 Å². The van der Waals surface area contributed by atoms with Crippen molar-refractivity contribution in [2.45, 2.75) is 25.1 Å². The molecule has 0 bridgehead atoms. The number of sulfonamides is 1. The molecule has 3 N–H and O–H groups in total. The van der Waals surface area contributed by atoms with Crippen LogP contribution in [0.2, 0.25) is 0 Å². The monoisotopic (exact) mass is 252 g/mol. The molecule has 0 unspecified atom stereocenters. The fourth-order valence-corrected chi connectivity index (χ4v) is 2.88. The highest BCUT2D eigenvalue weighted by Crippen LogP contribution is 2.11. The van der Waals surface area contributed by atoms with Gasteiger partial charge in [-0.1, -0.05) is 18.1 Å². The molecule has 0 aliphatic rings. The van der Waals surface area contributed by atoms with Crippen molar-refractivity contribution in [3.8, 4) is 12.3 Å². The van der Waals surface area contributed by atoms with Gasteiger partial charge in [0.2, 0.25) is 10.0 Å². The Kier molecular flexibility index (Phi) is 3.81. The number of nitrogens with two attached hydrogens (primary N) is 1. The van der Waals surface area contributed by atoms with Crippen LogP contribution in [-0.4, -0.2) is 14.0 Å². The van der Waals surface area contributed by atoms with E-state index in [0.29, 0.717) is 11.3 Å². The largest absolute Gasteiger partial charge is 0.399 e. The molecule has 0 amide bonds. The van der Waals surface area contributed by atoms with Gasteiger partial charge in [-0.05, 0) is 31.5 Å². The first kappa shape index (κ1) is 13.6. The molecule has 0 aromatic heterocycles. The molecule has 1 aromatic carbocycles. The quantitative estimate of drug-likeness (QED) is 0.622. The van der Waals surface area contributed by atoms with E-state index in [1.807, 2.05) is 0 Å². The van der Waals surface area contributed by atoms with Gasteiger partial charge in [-0.3, -0.25) is 0 Å². The van der Waals surface area contributed by atoms with Crippen LogP contribution in [0, 0.1) is 12.3 Å². The number of nitrogen functional groups attached to an aromatic ring is 1. The molecule has 0 fully saturated rings. The van der Waals surface area contributed by atoms with Crippen molar-refractivity contribution in [1.29, 1.82) is 0 Å². The molecule has 0 heterocycles. The summed E-state index contributed by atoms with van der Waals surface area (Å²) in [4.78, 5) is 0. The van der Waals surface area contributed by atoms with Gasteiger partial charge in [-0.15, -0.1) is 6.42 Å². The molecular weight excluding hydrogens is 236 g/mol. The smallest absolute Gasteiger partial charge is 0.217 e. The fourth-order valence-electron chi connectivity index (χ4n) is 1.36. The molecule has 0 radical (unpaired) electrons. The van der Waals surface area contributed by atoms with Crippen LogP contribution < -0.4 is 10.5 Å². The van der Waals surface area contributed by atoms with Crippen LogP contribution in [0.15, 0.2) is 24.3 Å². The van der Waals surface area contributed by atoms with Crippen LogP contribution in [0.25, 0.3) is 0 Å². The molecule has 4 nitrogen and oxygen atoms in total. The van der Waals surface area contributed by atoms with E-state index in [0.717, 1.165) is 0 Å². The van der Waals surface area contributed by atoms with Crippen LogP contribution in [0.4, 0.5) is 5.69 Å². The van der Waals surface area contributed by atoms with E-state index in [-0.39, 0.29) is 5.75 Å². The van der Waals surface area contributed by atoms with Crippen LogP contribution >= 0.6 is 0 Å². The molecule has 0 spiro atoms. The maximum atomic E-state index is 11.8. The maximum Gasteiger partial charge on any atom is 0.217 e. The van der Waals surface area contributed by atoms with Gasteiger partial charge in [0.25, 0.3) is 0 Å². The number of anilines is 1. The van der Waals surface area contributed by atoms with Gasteiger partial charge in [0.05, 0.1) is 11.3 Å². The summed E-state index contributed by atoms with van der Waals surface area (Å²) in [7, 11) is -3.47. The van der Waals surface area contributed by atoms with Crippen LogP contribution in [0.3, 0.4) is 0 Å². The zero-order chi connectivity index (χ0) is 13.1. The third kappa shape index (κ3) is 4.47. The number of terminal acetylenes is 1. The Morgan fingerprint density at radius 2 is 2.12 bits per heavy atom. The predicted molar refractivity (Wildman–Crippen MR) is 69.5 cm³/mol. The molecule has 0 saturated carbocycles. The van der Waals surface area contributed by atoms with Crippen LogP contribution in [-0.2, 0) is 15.8 Å². The number of hydrogen-bond donors (Lipinski definition) is 2.